The number of rotatable bonds is 7. The van der Waals surface area contributed by atoms with Gasteiger partial charge < -0.3 is 10.3 Å². The third-order valence-electron chi connectivity index (χ3n) is 4.23. The van der Waals surface area contributed by atoms with Gasteiger partial charge in [-0.1, -0.05) is 24.3 Å². The molecule has 0 spiro atoms. The van der Waals surface area contributed by atoms with Gasteiger partial charge in [-0.25, -0.2) is 0 Å². The third kappa shape index (κ3) is 4.22. The number of pyridine rings is 1. The van der Waals surface area contributed by atoms with Crippen molar-refractivity contribution >= 4 is 16.8 Å². The number of carbonyl (C=O) groups excluding carboxylic acids is 1. The standard InChI is InChI=1S/C20H23N3O/c1-15-9-10-16(13-22-15)11-12-21-20(24)8-4-5-17-14-23-19-7-3-2-6-18(17)19/h2-3,6-7,9-10,13-14,23H,4-5,8,11-12H2,1H3,(H,21,24). The molecule has 3 rings (SSSR count). The molecule has 0 aliphatic heterocycles. The molecule has 0 aliphatic rings. The van der Waals surface area contributed by atoms with Crippen molar-refractivity contribution in [1.82, 2.24) is 15.3 Å². The van der Waals surface area contributed by atoms with Crippen molar-refractivity contribution in [2.45, 2.75) is 32.6 Å². The van der Waals surface area contributed by atoms with E-state index in [1.165, 1.54) is 10.9 Å². The van der Waals surface area contributed by atoms with Crippen LogP contribution in [0.1, 0.15) is 29.7 Å². The Morgan fingerprint density at radius 2 is 2.04 bits per heavy atom. The quantitative estimate of drug-likeness (QED) is 0.699. The molecule has 2 heterocycles. The summed E-state index contributed by atoms with van der Waals surface area (Å²) in [5.74, 6) is 0.120. The fraction of sp³-hybridized carbons (Fsp3) is 0.300. The molecule has 0 saturated heterocycles. The molecule has 0 radical (unpaired) electrons. The van der Waals surface area contributed by atoms with E-state index < -0.39 is 0 Å². The first-order valence-electron chi connectivity index (χ1n) is 8.45. The number of hydrogen-bond acceptors (Lipinski definition) is 2. The molecule has 2 N–H and O–H groups in total. The summed E-state index contributed by atoms with van der Waals surface area (Å²) in [5, 5.41) is 4.24. The molecule has 4 heteroatoms. The number of amides is 1. The van der Waals surface area contributed by atoms with Crippen LogP contribution in [0.4, 0.5) is 0 Å². The molecule has 24 heavy (non-hydrogen) atoms. The SMILES string of the molecule is Cc1ccc(CCNC(=O)CCCc2c[nH]c3ccccc23)cn1. The number of H-pyrrole nitrogens is 1. The van der Waals surface area contributed by atoms with E-state index >= 15 is 0 Å². The highest BCUT2D eigenvalue weighted by molar-refractivity contribution is 5.83. The molecule has 0 saturated carbocycles. The average molecular weight is 321 g/mol. The van der Waals surface area contributed by atoms with Crippen LogP contribution in [0.2, 0.25) is 0 Å². The molecule has 0 aliphatic carbocycles. The van der Waals surface area contributed by atoms with Crippen LogP contribution in [0, 0.1) is 6.92 Å². The zero-order valence-corrected chi connectivity index (χ0v) is 14.0. The lowest BCUT2D eigenvalue weighted by Crippen LogP contribution is -2.25. The number of carbonyl (C=O) groups is 1. The summed E-state index contributed by atoms with van der Waals surface area (Å²) in [6, 6.07) is 12.3. The molecule has 0 fully saturated rings. The Bertz CT molecular complexity index is 805. The molecule has 0 atom stereocenters. The number of hydrogen-bond donors (Lipinski definition) is 2. The monoisotopic (exact) mass is 321 g/mol. The highest BCUT2D eigenvalue weighted by Gasteiger charge is 2.05. The van der Waals surface area contributed by atoms with Crippen LogP contribution in [0.5, 0.6) is 0 Å². The molecule has 1 amide bonds. The number of nitrogens with one attached hydrogen (secondary N) is 2. The van der Waals surface area contributed by atoms with Gasteiger partial charge in [-0.15, -0.1) is 0 Å². The van der Waals surface area contributed by atoms with E-state index in [0.29, 0.717) is 13.0 Å². The van der Waals surface area contributed by atoms with Crippen LogP contribution in [-0.2, 0) is 17.6 Å². The molecule has 3 aromatic rings. The second-order valence-electron chi connectivity index (χ2n) is 6.12. The smallest absolute Gasteiger partial charge is 0.220 e. The summed E-state index contributed by atoms with van der Waals surface area (Å²) >= 11 is 0. The van der Waals surface area contributed by atoms with Crippen LogP contribution in [0.15, 0.2) is 48.8 Å². The maximum atomic E-state index is 11.9. The van der Waals surface area contributed by atoms with Gasteiger partial charge in [0.05, 0.1) is 0 Å². The Hall–Kier alpha value is -2.62. The molecule has 2 aromatic heterocycles. The van der Waals surface area contributed by atoms with Crippen LogP contribution in [-0.4, -0.2) is 22.4 Å². The summed E-state index contributed by atoms with van der Waals surface area (Å²) in [6.45, 7) is 2.63. The number of para-hydroxylation sites is 1. The zero-order chi connectivity index (χ0) is 16.8. The number of nitrogens with zero attached hydrogens (tertiary/aromatic N) is 1. The zero-order valence-electron chi connectivity index (χ0n) is 14.0. The largest absolute Gasteiger partial charge is 0.361 e. The average Bonchev–Trinajstić information content (AvgIpc) is 3.00. The predicted octanol–water partition coefficient (Wildman–Crippen LogP) is 3.55. The van der Waals surface area contributed by atoms with E-state index in [0.717, 1.165) is 36.0 Å². The fourth-order valence-electron chi connectivity index (χ4n) is 2.86. The van der Waals surface area contributed by atoms with Gasteiger partial charge in [0, 0.05) is 42.0 Å². The van der Waals surface area contributed by atoms with Gasteiger partial charge in [0.25, 0.3) is 0 Å². The van der Waals surface area contributed by atoms with Gasteiger partial charge in [0.1, 0.15) is 0 Å². The number of aryl methyl sites for hydroxylation is 2. The summed E-state index contributed by atoms with van der Waals surface area (Å²) in [5.41, 5.74) is 4.60. The summed E-state index contributed by atoms with van der Waals surface area (Å²) in [7, 11) is 0. The Labute approximate surface area is 142 Å². The van der Waals surface area contributed by atoms with Gasteiger partial charge in [0.15, 0.2) is 0 Å². The van der Waals surface area contributed by atoms with Gasteiger partial charge in [-0.3, -0.25) is 9.78 Å². The Morgan fingerprint density at radius 1 is 1.17 bits per heavy atom. The Kier molecular flexibility index (Phi) is 5.26. The Morgan fingerprint density at radius 3 is 2.88 bits per heavy atom. The first kappa shape index (κ1) is 16.2. The number of fused-ring (bicyclic) bond motifs is 1. The van der Waals surface area contributed by atoms with Crippen LogP contribution in [0.3, 0.4) is 0 Å². The van der Waals surface area contributed by atoms with Crippen molar-refractivity contribution in [3.63, 3.8) is 0 Å². The fourth-order valence-corrected chi connectivity index (χ4v) is 2.86. The maximum absolute atomic E-state index is 11.9. The maximum Gasteiger partial charge on any atom is 0.220 e. The van der Waals surface area contributed by atoms with Gasteiger partial charge >= 0.3 is 0 Å². The van der Waals surface area contributed by atoms with Crippen molar-refractivity contribution in [3.8, 4) is 0 Å². The normalized spacial score (nSPS) is 10.9. The molecule has 0 bridgehead atoms. The summed E-state index contributed by atoms with van der Waals surface area (Å²) < 4.78 is 0. The van der Waals surface area contributed by atoms with Crippen molar-refractivity contribution in [2.24, 2.45) is 0 Å². The van der Waals surface area contributed by atoms with Gasteiger partial charge in [0.2, 0.25) is 5.91 Å². The third-order valence-corrected chi connectivity index (χ3v) is 4.23. The van der Waals surface area contributed by atoms with Crippen molar-refractivity contribution in [2.75, 3.05) is 6.54 Å². The van der Waals surface area contributed by atoms with E-state index in [2.05, 4.69) is 33.5 Å². The second-order valence-corrected chi connectivity index (χ2v) is 6.12. The Balaban J connectivity index is 1.39. The van der Waals surface area contributed by atoms with E-state index in [-0.39, 0.29) is 5.91 Å². The number of aromatic nitrogens is 2. The summed E-state index contributed by atoms with van der Waals surface area (Å²) in [4.78, 5) is 19.5. The second kappa shape index (κ2) is 7.77. The van der Waals surface area contributed by atoms with Crippen LogP contribution >= 0.6 is 0 Å². The van der Waals surface area contributed by atoms with Crippen molar-refractivity contribution in [3.05, 3.63) is 65.6 Å². The molecular weight excluding hydrogens is 298 g/mol. The first-order valence-corrected chi connectivity index (χ1v) is 8.45. The molecule has 124 valence electrons. The van der Waals surface area contributed by atoms with E-state index in [4.69, 9.17) is 0 Å². The minimum Gasteiger partial charge on any atom is -0.361 e. The minimum atomic E-state index is 0.120. The number of aromatic amines is 1. The lowest BCUT2D eigenvalue weighted by atomic mass is 10.1. The summed E-state index contributed by atoms with van der Waals surface area (Å²) in [6.07, 6.45) is 7.08. The van der Waals surface area contributed by atoms with Crippen LogP contribution < -0.4 is 5.32 Å². The lowest BCUT2D eigenvalue weighted by molar-refractivity contribution is -0.121. The van der Waals surface area contributed by atoms with Gasteiger partial charge in [-0.2, -0.15) is 0 Å². The highest BCUT2D eigenvalue weighted by atomic mass is 16.1. The van der Waals surface area contributed by atoms with Crippen molar-refractivity contribution in [1.29, 1.82) is 0 Å². The van der Waals surface area contributed by atoms with E-state index in [1.807, 2.05) is 37.5 Å². The van der Waals surface area contributed by atoms with Crippen LogP contribution in [0.25, 0.3) is 10.9 Å². The molecule has 0 unspecified atom stereocenters. The minimum absolute atomic E-state index is 0.120. The van der Waals surface area contributed by atoms with E-state index in [9.17, 15) is 4.79 Å². The topological polar surface area (TPSA) is 57.8 Å². The lowest BCUT2D eigenvalue weighted by Gasteiger charge is -2.05. The van der Waals surface area contributed by atoms with E-state index in [1.54, 1.807) is 0 Å². The highest BCUT2D eigenvalue weighted by Crippen LogP contribution is 2.19. The van der Waals surface area contributed by atoms with Gasteiger partial charge in [-0.05, 0) is 49.4 Å². The first-order chi connectivity index (χ1) is 11.7. The molecular formula is C20H23N3O. The van der Waals surface area contributed by atoms with Crippen molar-refractivity contribution < 1.29 is 4.79 Å². The predicted molar refractivity (Wildman–Crippen MR) is 96.9 cm³/mol. The number of benzene rings is 1. The molecule has 4 nitrogen and oxygen atoms in total. The molecule has 1 aromatic carbocycles.